The lowest BCUT2D eigenvalue weighted by molar-refractivity contribution is 0.626. The lowest BCUT2D eigenvalue weighted by Gasteiger charge is -2.23. The molecule has 21 heavy (non-hydrogen) atoms. The molecule has 0 bridgehead atoms. The Balaban J connectivity index is 2.03. The minimum absolute atomic E-state index is 0.00787. The summed E-state index contributed by atoms with van der Waals surface area (Å²) >= 11 is 0. The number of hydrogen-bond acceptors (Lipinski definition) is 1. The number of aliphatic imine (C=N–C) groups is 1. The minimum atomic E-state index is -0.248. The lowest BCUT2D eigenvalue weighted by atomic mass is 9.84. The second-order valence-electron chi connectivity index (χ2n) is 5.37. The van der Waals surface area contributed by atoms with Gasteiger partial charge in [0.25, 0.3) is 0 Å². The fourth-order valence-corrected chi connectivity index (χ4v) is 2.84. The summed E-state index contributed by atoms with van der Waals surface area (Å²) in [6, 6.07) is 13.0. The molecule has 1 heterocycles. The van der Waals surface area contributed by atoms with E-state index in [1.54, 1.807) is 24.3 Å². The average molecular weight is 285 g/mol. The highest BCUT2D eigenvalue weighted by Gasteiger charge is 2.22. The van der Waals surface area contributed by atoms with Crippen LogP contribution in [0.1, 0.15) is 36.3 Å². The van der Waals surface area contributed by atoms with Gasteiger partial charge in [0, 0.05) is 18.2 Å². The standard InChI is InChI=1S/C18H17F2N/c19-15-8-4-13(5-9-15)18(17-3-1-2-12-21-17)14-6-10-16(20)11-7-14/h4-11,18H,1-3,12H2. The Kier molecular flexibility index (Phi) is 4.09. The molecule has 0 radical (unpaired) electrons. The van der Waals surface area contributed by atoms with Crippen molar-refractivity contribution >= 4 is 5.71 Å². The fourth-order valence-electron chi connectivity index (χ4n) is 2.84. The summed E-state index contributed by atoms with van der Waals surface area (Å²) in [7, 11) is 0. The first-order valence-corrected chi connectivity index (χ1v) is 7.28. The predicted octanol–water partition coefficient (Wildman–Crippen LogP) is 4.72. The van der Waals surface area contributed by atoms with Gasteiger partial charge in [-0.2, -0.15) is 0 Å². The van der Waals surface area contributed by atoms with Gasteiger partial charge < -0.3 is 0 Å². The largest absolute Gasteiger partial charge is 0.293 e. The van der Waals surface area contributed by atoms with Crippen molar-refractivity contribution in [3.63, 3.8) is 0 Å². The molecule has 2 aromatic carbocycles. The highest BCUT2D eigenvalue weighted by molar-refractivity contribution is 5.94. The molecule has 3 rings (SSSR count). The molecule has 0 fully saturated rings. The van der Waals surface area contributed by atoms with Gasteiger partial charge in [0.2, 0.25) is 0 Å². The van der Waals surface area contributed by atoms with Crippen LogP contribution in [0.4, 0.5) is 8.78 Å². The zero-order chi connectivity index (χ0) is 14.7. The molecule has 0 N–H and O–H groups in total. The molecule has 1 nitrogen and oxygen atoms in total. The Morgan fingerprint density at radius 2 is 1.29 bits per heavy atom. The van der Waals surface area contributed by atoms with Crippen molar-refractivity contribution in [3.05, 3.63) is 71.3 Å². The fraction of sp³-hybridized carbons (Fsp3) is 0.278. The quantitative estimate of drug-likeness (QED) is 0.773. The van der Waals surface area contributed by atoms with E-state index in [-0.39, 0.29) is 17.6 Å². The Labute approximate surface area is 123 Å². The van der Waals surface area contributed by atoms with E-state index in [1.807, 2.05) is 0 Å². The molecule has 0 aromatic heterocycles. The summed E-state index contributed by atoms with van der Waals surface area (Å²) in [6.45, 7) is 0.841. The van der Waals surface area contributed by atoms with Crippen LogP contribution in [0.3, 0.4) is 0 Å². The molecule has 3 heteroatoms. The molecule has 0 spiro atoms. The van der Waals surface area contributed by atoms with Crippen LogP contribution in [0.15, 0.2) is 53.5 Å². The van der Waals surface area contributed by atoms with Crippen molar-refractivity contribution in [1.82, 2.24) is 0 Å². The van der Waals surface area contributed by atoms with Crippen LogP contribution in [0.2, 0.25) is 0 Å². The smallest absolute Gasteiger partial charge is 0.123 e. The van der Waals surface area contributed by atoms with Crippen LogP contribution in [-0.2, 0) is 0 Å². The van der Waals surface area contributed by atoms with E-state index in [1.165, 1.54) is 24.3 Å². The Morgan fingerprint density at radius 1 is 0.762 bits per heavy atom. The van der Waals surface area contributed by atoms with Gasteiger partial charge in [0.15, 0.2) is 0 Å². The molecule has 0 saturated carbocycles. The molecule has 1 aliphatic heterocycles. The zero-order valence-electron chi connectivity index (χ0n) is 11.7. The first-order valence-electron chi connectivity index (χ1n) is 7.28. The van der Waals surface area contributed by atoms with Gasteiger partial charge in [0.1, 0.15) is 11.6 Å². The van der Waals surface area contributed by atoms with Gasteiger partial charge in [-0.05, 0) is 54.7 Å². The number of rotatable bonds is 3. The van der Waals surface area contributed by atoms with Crippen LogP contribution in [0.25, 0.3) is 0 Å². The molecule has 108 valence electrons. The topological polar surface area (TPSA) is 12.4 Å². The predicted molar refractivity (Wildman–Crippen MR) is 80.8 cm³/mol. The van der Waals surface area contributed by atoms with E-state index in [4.69, 9.17) is 0 Å². The van der Waals surface area contributed by atoms with Crippen LogP contribution in [0, 0.1) is 11.6 Å². The molecular weight excluding hydrogens is 268 g/mol. The SMILES string of the molecule is Fc1ccc(C(C2=NCCCC2)c2ccc(F)cc2)cc1. The first kappa shape index (κ1) is 13.9. The third-order valence-corrected chi connectivity index (χ3v) is 3.90. The summed E-state index contributed by atoms with van der Waals surface area (Å²) in [5.41, 5.74) is 3.12. The number of benzene rings is 2. The highest BCUT2D eigenvalue weighted by atomic mass is 19.1. The van der Waals surface area contributed by atoms with Crippen molar-refractivity contribution in [2.75, 3.05) is 6.54 Å². The van der Waals surface area contributed by atoms with Gasteiger partial charge in [-0.25, -0.2) is 8.78 Å². The van der Waals surface area contributed by atoms with Crippen LogP contribution in [-0.4, -0.2) is 12.3 Å². The maximum absolute atomic E-state index is 13.2. The second-order valence-corrected chi connectivity index (χ2v) is 5.37. The molecule has 0 aliphatic carbocycles. The first-order chi connectivity index (χ1) is 10.2. The summed E-state index contributed by atoms with van der Waals surface area (Å²) < 4.78 is 26.3. The van der Waals surface area contributed by atoms with Crippen LogP contribution >= 0.6 is 0 Å². The van der Waals surface area contributed by atoms with E-state index in [9.17, 15) is 8.78 Å². The van der Waals surface area contributed by atoms with Gasteiger partial charge in [-0.15, -0.1) is 0 Å². The van der Waals surface area contributed by atoms with Gasteiger partial charge in [-0.3, -0.25) is 4.99 Å². The normalized spacial score (nSPS) is 15.1. The lowest BCUT2D eigenvalue weighted by Crippen LogP contribution is -2.18. The van der Waals surface area contributed by atoms with Crippen molar-refractivity contribution in [1.29, 1.82) is 0 Å². The molecule has 0 amide bonds. The summed E-state index contributed by atoms with van der Waals surface area (Å²) in [5, 5.41) is 0. The van der Waals surface area contributed by atoms with Crippen molar-refractivity contribution in [2.24, 2.45) is 4.99 Å². The Bertz CT molecular complexity index is 584. The van der Waals surface area contributed by atoms with E-state index in [2.05, 4.69) is 4.99 Å². The average Bonchev–Trinajstić information content (AvgIpc) is 2.52. The van der Waals surface area contributed by atoms with E-state index in [0.717, 1.165) is 42.6 Å². The molecule has 1 aliphatic rings. The molecule has 0 atom stereocenters. The zero-order valence-corrected chi connectivity index (χ0v) is 11.7. The Morgan fingerprint density at radius 3 is 1.71 bits per heavy atom. The maximum Gasteiger partial charge on any atom is 0.123 e. The summed E-state index contributed by atoms with van der Waals surface area (Å²) in [5.74, 6) is -0.504. The third kappa shape index (κ3) is 3.18. The van der Waals surface area contributed by atoms with Crippen LogP contribution < -0.4 is 0 Å². The van der Waals surface area contributed by atoms with E-state index in [0.29, 0.717) is 0 Å². The Hall–Kier alpha value is -2.03. The second kappa shape index (κ2) is 6.17. The minimum Gasteiger partial charge on any atom is -0.293 e. The molecular formula is C18H17F2N. The van der Waals surface area contributed by atoms with Gasteiger partial charge in [-0.1, -0.05) is 24.3 Å². The van der Waals surface area contributed by atoms with E-state index >= 15 is 0 Å². The molecule has 2 aromatic rings. The van der Waals surface area contributed by atoms with Crippen molar-refractivity contribution < 1.29 is 8.78 Å². The monoisotopic (exact) mass is 285 g/mol. The maximum atomic E-state index is 13.2. The van der Waals surface area contributed by atoms with E-state index < -0.39 is 0 Å². The number of nitrogens with zero attached hydrogens (tertiary/aromatic N) is 1. The molecule has 0 unspecified atom stereocenters. The highest BCUT2D eigenvalue weighted by Crippen LogP contribution is 2.30. The van der Waals surface area contributed by atoms with Crippen LogP contribution in [0.5, 0.6) is 0 Å². The van der Waals surface area contributed by atoms with Crippen molar-refractivity contribution in [2.45, 2.75) is 25.2 Å². The van der Waals surface area contributed by atoms with Crippen molar-refractivity contribution in [3.8, 4) is 0 Å². The summed E-state index contributed by atoms with van der Waals surface area (Å²) in [4.78, 5) is 4.66. The number of halogens is 2. The third-order valence-electron chi connectivity index (χ3n) is 3.90. The van der Waals surface area contributed by atoms with Gasteiger partial charge in [0.05, 0.1) is 0 Å². The number of hydrogen-bond donors (Lipinski definition) is 0. The summed E-state index contributed by atoms with van der Waals surface area (Å²) in [6.07, 6.45) is 3.18. The molecule has 0 saturated heterocycles. The van der Waals surface area contributed by atoms with Gasteiger partial charge >= 0.3 is 0 Å².